The fourth-order valence-corrected chi connectivity index (χ4v) is 7.43. The Morgan fingerprint density at radius 1 is 0.815 bits per heavy atom. The Hall–Kier alpha value is -1.70. The van der Waals surface area contributed by atoms with Crippen molar-refractivity contribution in [3.8, 4) is 0 Å². The lowest BCUT2D eigenvalue weighted by molar-refractivity contribution is -0.132. The fourth-order valence-electron chi connectivity index (χ4n) is 7.43. The molecule has 1 aromatic carbocycles. The third-order valence-corrected chi connectivity index (χ3v) is 8.90. The van der Waals surface area contributed by atoms with E-state index in [-0.39, 0.29) is 10.8 Å². The minimum absolute atomic E-state index is 0.0640. The molecule has 0 saturated heterocycles. The van der Waals surface area contributed by atoms with Gasteiger partial charge in [-0.1, -0.05) is 49.8 Å². The predicted octanol–water partition coefficient (Wildman–Crippen LogP) is 5.61. The molecule has 0 spiro atoms. The van der Waals surface area contributed by atoms with E-state index in [1.807, 2.05) is 18.2 Å². The van der Waals surface area contributed by atoms with Gasteiger partial charge in [-0.15, -0.1) is 0 Å². The van der Waals surface area contributed by atoms with Crippen LogP contribution in [0, 0.1) is 28.6 Å². The van der Waals surface area contributed by atoms with Crippen LogP contribution in [0.3, 0.4) is 0 Å². The molecule has 1 aromatic rings. The number of Topliss-reactive ketones (excluding diaryl/α,β-unsaturated/α-hetero) is 2. The highest BCUT2D eigenvalue weighted by atomic mass is 16.1. The van der Waals surface area contributed by atoms with Gasteiger partial charge in [0.05, 0.1) is 0 Å². The highest BCUT2D eigenvalue weighted by Gasteiger charge is 2.59. The van der Waals surface area contributed by atoms with Crippen LogP contribution in [0.5, 0.6) is 0 Å². The summed E-state index contributed by atoms with van der Waals surface area (Å²) in [5.74, 6) is 2.72. The van der Waals surface area contributed by atoms with Gasteiger partial charge in [0.1, 0.15) is 5.78 Å². The second-order valence-corrected chi connectivity index (χ2v) is 9.89. The predicted molar refractivity (Wildman–Crippen MR) is 107 cm³/mol. The number of hydrogen-bond donors (Lipinski definition) is 0. The highest BCUT2D eigenvalue weighted by Crippen LogP contribution is 2.65. The molecule has 4 aliphatic carbocycles. The summed E-state index contributed by atoms with van der Waals surface area (Å²) >= 11 is 0. The maximum absolute atomic E-state index is 12.9. The molecule has 142 valence electrons. The van der Waals surface area contributed by atoms with Gasteiger partial charge in [0.25, 0.3) is 0 Å². The topological polar surface area (TPSA) is 34.1 Å². The number of ketones is 2. The van der Waals surface area contributed by atoms with Crippen LogP contribution in [0.15, 0.2) is 35.9 Å². The maximum Gasteiger partial charge on any atom is 0.163 e. The van der Waals surface area contributed by atoms with Gasteiger partial charge in [-0.2, -0.15) is 0 Å². The van der Waals surface area contributed by atoms with E-state index < -0.39 is 0 Å². The smallest absolute Gasteiger partial charge is 0.163 e. The second kappa shape index (κ2) is 5.90. The molecule has 0 heterocycles. The summed E-state index contributed by atoms with van der Waals surface area (Å²) in [6.07, 6.45) is 7.95. The largest absolute Gasteiger partial charge is 0.299 e. The van der Waals surface area contributed by atoms with Crippen LogP contribution in [0.2, 0.25) is 0 Å². The molecule has 0 bridgehead atoms. The summed E-state index contributed by atoms with van der Waals surface area (Å²) in [6.45, 7) is 4.69. The van der Waals surface area contributed by atoms with Crippen LogP contribution in [0.25, 0.3) is 5.57 Å². The first-order valence-electron chi connectivity index (χ1n) is 10.8. The Labute approximate surface area is 162 Å². The summed E-state index contributed by atoms with van der Waals surface area (Å²) in [4.78, 5) is 25.5. The van der Waals surface area contributed by atoms with Crippen molar-refractivity contribution in [3.63, 3.8) is 0 Å². The second-order valence-electron chi connectivity index (χ2n) is 9.89. The first-order chi connectivity index (χ1) is 12.9. The monoisotopic (exact) mass is 362 g/mol. The quantitative estimate of drug-likeness (QED) is 0.650. The summed E-state index contributed by atoms with van der Waals surface area (Å²) in [5.41, 5.74) is 3.64. The van der Waals surface area contributed by atoms with Crippen molar-refractivity contribution in [1.82, 2.24) is 0 Å². The molecule has 5 unspecified atom stereocenters. The minimum Gasteiger partial charge on any atom is -0.299 e. The lowest BCUT2D eigenvalue weighted by Gasteiger charge is -2.57. The zero-order valence-electron chi connectivity index (χ0n) is 16.6. The van der Waals surface area contributed by atoms with Gasteiger partial charge >= 0.3 is 0 Å². The SMILES string of the molecule is CC12CCC3C(CCC4=C(c5ccccc5)C(=O)CCC43C)C1CCC2=O. The first-order valence-corrected chi connectivity index (χ1v) is 10.8. The zero-order chi connectivity index (χ0) is 18.8. The standard InChI is InChI=1S/C25H30O2/c1-24-15-13-21(26)23(16-6-4-3-5-7-16)20(24)9-8-17-18-10-11-22(27)25(18,2)14-12-19(17)24/h3-7,17-19H,8-15H2,1-2H3. The van der Waals surface area contributed by atoms with Crippen LogP contribution in [0.1, 0.15) is 70.8 Å². The molecule has 5 atom stereocenters. The molecule has 27 heavy (non-hydrogen) atoms. The van der Waals surface area contributed by atoms with Crippen molar-refractivity contribution in [1.29, 1.82) is 0 Å². The zero-order valence-corrected chi connectivity index (χ0v) is 16.6. The molecule has 3 fully saturated rings. The molecule has 0 N–H and O–H groups in total. The van der Waals surface area contributed by atoms with E-state index in [1.54, 1.807) is 0 Å². The molecule has 2 nitrogen and oxygen atoms in total. The third kappa shape index (κ3) is 2.31. The molecule has 3 saturated carbocycles. The summed E-state index contributed by atoms with van der Waals surface area (Å²) < 4.78 is 0. The van der Waals surface area contributed by atoms with Crippen LogP contribution < -0.4 is 0 Å². The lowest BCUT2D eigenvalue weighted by atomic mass is 9.46. The van der Waals surface area contributed by atoms with Crippen molar-refractivity contribution in [2.45, 2.75) is 65.2 Å². The maximum atomic E-state index is 12.9. The molecule has 2 heteroatoms. The van der Waals surface area contributed by atoms with E-state index in [9.17, 15) is 9.59 Å². The molecule has 0 aliphatic heterocycles. The number of hydrogen-bond acceptors (Lipinski definition) is 2. The Morgan fingerprint density at radius 3 is 2.33 bits per heavy atom. The number of carbonyl (C=O) groups excluding carboxylic acids is 2. The van der Waals surface area contributed by atoms with Crippen LogP contribution in [0.4, 0.5) is 0 Å². The van der Waals surface area contributed by atoms with Gasteiger partial charge in [-0.3, -0.25) is 9.59 Å². The van der Waals surface area contributed by atoms with E-state index in [4.69, 9.17) is 0 Å². The van der Waals surface area contributed by atoms with Gasteiger partial charge in [-0.05, 0) is 67.3 Å². The number of fused-ring (bicyclic) bond motifs is 5. The van der Waals surface area contributed by atoms with Crippen LogP contribution >= 0.6 is 0 Å². The molecule has 0 aromatic heterocycles. The van der Waals surface area contributed by atoms with Gasteiger partial charge in [0.15, 0.2) is 5.78 Å². The van der Waals surface area contributed by atoms with Crippen LogP contribution in [-0.2, 0) is 9.59 Å². The lowest BCUT2D eigenvalue weighted by Crippen LogP contribution is -2.51. The molecule has 5 rings (SSSR count). The highest BCUT2D eigenvalue weighted by molar-refractivity contribution is 6.22. The molecule has 0 amide bonds. The Morgan fingerprint density at radius 2 is 1.56 bits per heavy atom. The van der Waals surface area contributed by atoms with E-state index in [2.05, 4.69) is 26.0 Å². The number of benzene rings is 1. The number of allylic oxidation sites excluding steroid dienone is 1. The first kappa shape index (κ1) is 17.4. The van der Waals surface area contributed by atoms with Crippen molar-refractivity contribution in [2.75, 3.05) is 0 Å². The van der Waals surface area contributed by atoms with Crippen molar-refractivity contribution < 1.29 is 9.59 Å². The number of carbonyl (C=O) groups is 2. The average Bonchev–Trinajstić information content (AvgIpc) is 2.98. The Bertz CT molecular complexity index is 835. The van der Waals surface area contributed by atoms with E-state index in [0.717, 1.165) is 56.1 Å². The summed E-state index contributed by atoms with van der Waals surface area (Å²) in [7, 11) is 0. The van der Waals surface area contributed by atoms with E-state index in [1.165, 1.54) is 5.57 Å². The Balaban J connectivity index is 1.58. The fraction of sp³-hybridized carbons (Fsp3) is 0.600. The van der Waals surface area contributed by atoms with Gasteiger partial charge in [-0.25, -0.2) is 0 Å². The third-order valence-electron chi connectivity index (χ3n) is 8.90. The summed E-state index contributed by atoms with van der Waals surface area (Å²) in [5, 5.41) is 0. The summed E-state index contributed by atoms with van der Waals surface area (Å²) in [6, 6.07) is 10.3. The normalized spacial score (nSPS) is 41.2. The van der Waals surface area contributed by atoms with Crippen molar-refractivity contribution in [3.05, 3.63) is 41.5 Å². The van der Waals surface area contributed by atoms with Crippen LogP contribution in [-0.4, -0.2) is 11.6 Å². The van der Waals surface area contributed by atoms with Crippen molar-refractivity contribution >= 4 is 17.1 Å². The van der Waals surface area contributed by atoms with Crippen molar-refractivity contribution in [2.24, 2.45) is 28.6 Å². The number of rotatable bonds is 1. The molecule has 4 aliphatic rings. The minimum atomic E-state index is -0.0640. The van der Waals surface area contributed by atoms with Gasteiger partial charge in [0, 0.05) is 23.8 Å². The molecular weight excluding hydrogens is 332 g/mol. The molecule has 0 radical (unpaired) electrons. The average molecular weight is 363 g/mol. The van der Waals surface area contributed by atoms with Gasteiger partial charge in [0.2, 0.25) is 0 Å². The Kier molecular flexibility index (Phi) is 3.80. The van der Waals surface area contributed by atoms with E-state index in [0.29, 0.717) is 35.7 Å². The van der Waals surface area contributed by atoms with Gasteiger partial charge < -0.3 is 0 Å². The molecular formula is C25H30O2. The van der Waals surface area contributed by atoms with E-state index >= 15 is 0 Å².